The third-order valence-corrected chi connectivity index (χ3v) is 28.6. The van der Waals surface area contributed by atoms with Crippen LogP contribution >= 0.6 is 0 Å². The Balaban J connectivity index is 0.00000267. The normalized spacial score (nSPS) is 48.5. The van der Waals surface area contributed by atoms with Crippen molar-refractivity contribution in [2.24, 2.45) is 85.8 Å². The summed E-state index contributed by atoms with van der Waals surface area (Å²) in [5, 5.41) is 0. The number of carbonyl (C=O) groups is 2. The van der Waals surface area contributed by atoms with Crippen LogP contribution < -0.4 is 0 Å². The van der Waals surface area contributed by atoms with Crippen molar-refractivity contribution in [3.05, 3.63) is 11.6 Å². The molecule has 12 nitrogen and oxygen atoms in total. The Morgan fingerprint density at radius 1 is 0.720 bits per heavy atom. The fourth-order valence-corrected chi connectivity index (χ4v) is 20.9. The molecule has 0 radical (unpaired) electrons. The molecule has 8 rings (SSSR count). The van der Waals surface area contributed by atoms with Crippen molar-refractivity contribution in [1.82, 2.24) is 0 Å². The molecule has 13 heteroatoms. The number of carbonyl (C=O) groups excluding carboxylic acids is 4. The van der Waals surface area contributed by atoms with Crippen LogP contribution in [0.2, 0.25) is 18.1 Å². The van der Waals surface area contributed by atoms with E-state index in [1.807, 2.05) is 14.0 Å². The predicted octanol–water partition coefficient (Wildman–Crippen LogP) is 12.8. The molecule has 0 spiro atoms. The lowest BCUT2D eigenvalue weighted by Gasteiger charge is -2.72. The molecule has 0 bridgehead atoms. The van der Waals surface area contributed by atoms with Gasteiger partial charge in [-0.1, -0.05) is 122 Å². The lowest BCUT2D eigenvalue weighted by molar-refractivity contribution is -0.370. The number of Topliss-reactive ketones (excluding diaryl/α,β-unsaturated/α-hetero) is 1. The lowest BCUT2D eigenvalue weighted by Crippen LogP contribution is -2.68. The second-order valence-electron chi connectivity index (χ2n) is 27.7. The van der Waals surface area contributed by atoms with E-state index in [9.17, 15) is 9.59 Å². The summed E-state index contributed by atoms with van der Waals surface area (Å²) in [5.41, 5.74) is 0.106. The minimum absolute atomic E-state index is 0.00928. The number of hydrogen-bond donors (Lipinski definition) is 0. The van der Waals surface area contributed by atoms with Crippen LogP contribution in [0, 0.1) is 85.8 Å². The van der Waals surface area contributed by atoms with Crippen LogP contribution in [0.1, 0.15) is 182 Å². The molecule has 0 aromatic heterocycles. The van der Waals surface area contributed by atoms with Gasteiger partial charge in [0.05, 0.1) is 54.6 Å². The maximum atomic E-state index is 14.2. The van der Waals surface area contributed by atoms with E-state index >= 15 is 0 Å². The Morgan fingerprint density at radius 3 is 1.95 bits per heavy atom. The first-order valence-corrected chi connectivity index (χ1v) is 32.5. The van der Waals surface area contributed by atoms with Crippen molar-refractivity contribution in [2.45, 2.75) is 256 Å². The third-order valence-electron chi connectivity index (χ3n) is 24.0. The summed E-state index contributed by atoms with van der Waals surface area (Å²) in [6, 6.07) is 3.10. The van der Waals surface area contributed by atoms with E-state index in [0.717, 1.165) is 82.3 Å². The zero-order valence-corrected chi connectivity index (χ0v) is 51.1. The zero-order valence-electron chi connectivity index (χ0n) is 50.1. The predicted molar refractivity (Wildman–Crippen MR) is 291 cm³/mol. The van der Waals surface area contributed by atoms with Gasteiger partial charge in [0.15, 0.2) is 27.2 Å². The van der Waals surface area contributed by atoms with E-state index in [2.05, 4.69) is 117 Å². The first-order valence-electron chi connectivity index (χ1n) is 30.0. The van der Waals surface area contributed by atoms with Crippen molar-refractivity contribution in [3.8, 4) is 0 Å². The first kappa shape index (κ1) is 61.0. The maximum Gasteiger partial charge on any atom is 0.373 e. The molecule has 0 N–H and O–H groups in total. The largest absolute Gasteiger partial charge is 0.408 e. The van der Waals surface area contributed by atoms with Crippen LogP contribution in [-0.2, 0) is 56.8 Å². The number of hydrogen-bond acceptors (Lipinski definition) is 12. The Bertz CT molecular complexity index is 2050. The van der Waals surface area contributed by atoms with Gasteiger partial charge in [-0.15, -0.1) is 0 Å². The Kier molecular flexibility index (Phi) is 18.8. The highest BCUT2D eigenvalue weighted by Crippen LogP contribution is 2.76. The van der Waals surface area contributed by atoms with Crippen molar-refractivity contribution >= 4 is 26.5 Å². The molecule has 428 valence electrons. The van der Waals surface area contributed by atoms with Crippen LogP contribution in [0.5, 0.6) is 0 Å². The van der Waals surface area contributed by atoms with E-state index < -0.39 is 56.3 Å². The summed E-state index contributed by atoms with van der Waals surface area (Å²) in [6.07, 6.45) is 9.64. The molecule has 0 amide bonds. The summed E-state index contributed by atoms with van der Waals surface area (Å²) in [4.78, 5) is 44.5. The van der Waals surface area contributed by atoms with Gasteiger partial charge < -0.3 is 42.4 Å². The van der Waals surface area contributed by atoms with Crippen LogP contribution in [-0.4, -0.2) is 102 Å². The van der Waals surface area contributed by atoms with Crippen LogP contribution in [0.4, 0.5) is 0 Å². The molecular weight excluding hydrogens is 965 g/mol. The van der Waals surface area contributed by atoms with Crippen molar-refractivity contribution in [1.29, 1.82) is 0 Å². The molecule has 3 saturated heterocycles. The van der Waals surface area contributed by atoms with Crippen molar-refractivity contribution in [3.63, 3.8) is 0 Å². The third kappa shape index (κ3) is 10.3. The number of ketones is 1. The number of allylic oxidation sites excluding steroid dienone is 2. The molecule has 3 heterocycles. The topological polar surface area (TPSA) is 142 Å². The molecule has 75 heavy (non-hydrogen) atoms. The van der Waals surface area contributed by atoms with Gasteiger partial charge in [0.1, 0.15) is 18.2 Å². The van der Waals surface area contributed by atoms with Crippen LogP contribution in [0.3, 0.4) is 0 Å². The molecule has 9 unspecified atom stereocenters. The summed E-state index contributed by atoms with van der Waals surface area (Å²) in [6.45, 7) is 40.3. The average Bonchev–Trinajstić information content (AvgIpc) is 3.37. The Morgan fingerprint density at radius 2 is 1.35 bits per heavy atom. The first-order chi connectivity index (χ1) is 35.3. The smallest absolute Gasteiger partial charge is 0.373 e. The highest BCUT2D eigenvalue weighted by molar-refractivity contribution is 6.73. The quantitative estimate of drug-likeness (QED) is 0.0667. The second kappa shape index (κ2) is 23.1. The highest BCUT2D eigenvalue weighted by atomic mass is 28.4. The van der Waals surface area contributed by atoms with Gasteiger partial charge in [-0.25, -0.2) is 0 Å². The summed E-state index contributed by atoms with van der Waals surface area (Å²) in [5.74, 6) is 2.43. The summed E-state index contributed by atoms with van der Waals surface area (Å²) < 4.78 is 56.7. The van der Waals surface area contributed by atoms with Crippen molar-refractivity contribution < 1.29 is 56.8 Å². The van der Waals surface area contributed by atoms with Gasteiger partial charge in [0.25, 0.3) is 0 Å². The number of rotatable bonds is 15. The molecule has 8 aliphatic rings. The van der Waals surface area contributed by atoms with E-state index in [0.29, 0.717) is 42.7 Å². The van der Waals surface area contributed by atoms with Gasteiger partial charge in [0, 0.05) is 18.9 Å². The van der Waals surface area contributed by atoms with Gasteiger partial charge in [-0.2, -0.15) is 9.59 Å². The molecule has 5 aliphatic carbocycles. The monoisotopic (exact) mass is 1070 g/mol. The molecule has 4 saturated carbocycles. The van der Waals surface area contributed by atoms with E-state index in [1.54, 1.807) is 0 Å². The van der Waals surface area contributed by atoms with E-state index in [4.69, 9.17) is 47.2 Å². The minimum atomic E-state index is -2.10. The highest BCUT2D eigenvalue weighted by Gasteiger charge is 2.72. The van der Waals surface area contributed by atoms with E-state index in [1.165, 1.54) is 11.9 Å². The van der Waals surface area contributed by atoms with E-state index in [-0.39, 0.29) is 75.7 Å². The molecule has 0 aromatic carbocycles. The average molecular weight is 1070 g/mol. The minimum Gasteiger partial charge on any atom is -0.408 e. The van der Waals surface area contributed by atoms with Gasteiger partial charge in [0.2, 0.25) is 0 Å². The number of fused-ring (bicyclic) bond motifs is 7. The SMILES string of the molecule is CCC1O[C@@H](OC2[C@H](O[C@H]3CCC4(C)C5CC=C6C7CC(C)(C)CC[C@]7(C(C)=O)C(OC)C[C@@]6(C)C5(C)CC[C@H]4[C@@]3(C)C=O)OC[C@@H](C)[C@@H]2O[C@@H]2OC[C@@H](C)[C@H](C)C2C)C(O[Si](CC)(CC)CC)[C@@H](C)[C@H]1C.O=C=O. The fraction of sp³-hybridized carbons (Fsp3) is 0.919. The summed E-state index contributed by atoms with van der Waals surface area (Å²) in [7, 11) is -0.251. The lowest BCUT2D eigenvalue weighted by atomic mass is 9.33. The van der Waals surface area contributed by atoms with Gasteiger partial charge in [-0.05, 0) is 152 Å². The molecule has 23 atom stereocenters. The molecule has 3 aliphatic heterocycles. The zero-order chi connectivity index (χ0) is 55.4. The fourth-order valence-electron chi connectivity index (χ4n) is 18.0. The molecule has 0 aromatic rings. The second-order valence-corrected chi connectivity index (χ2v) is 32.5. The molecular formula is C62H104O12Si. The number of ether oxygens (including phenoxy) is 7. The van der Waals surface area contributed by atoms with Gasteiger partial charge in [-0.3, -0.25) is 4.79 Å². The van der Waals surface area contributed by atoms with Crippen LogP contribution in [0.25, 0.3) is 0 Å². The maximum absolute atomic E-state index is 14.2. The van der Waals surface area contributed by atoms with Crippen LogP contribution in [0.15, 0.2) is 11.6 Å². The number of methoxy groups -OCH3 is 1. The van der Waals surface area contributed by atoms with Crippen molar-refractivity contribution in [2.75, 3.05) is 20.3 Å². The Hall–Kier alpha value is -1.64. The van der Waals surface area contributed by atoms with Gasteiger partial charge >= 0.3 is 6.15 Å². The number of aldehydes is 1. The standard InChI is InChI=1S/C61H104O10Si.CO2/c1-19-45-39(8)40(9)51(71-72(20-2,21-3)22-4)55(67-45)70-52-50(69-53-41(10)38(7)36(5)33-65-53)37(6)34-66-54(52)68-48-26-27-57(14)46(58(48,15)35-62)25-28-59(16)47(57)24-23-43-44-31-56(12,13)29-30-61(44,42(11)63)49(64-18)32-60(43,59)17;2-1-3/h23,35-41,44-55H,19-22,24-34H2,1-18H3;/t36-,37-,38+,39-,40+,41?,44?,45?,46-,47?,48+,49?,50+,51?,52?,53+,54+,55+,57?,58-,59?,60-,61-;/m1./s1. The Labute approximate surface area is 454 Å². The summed E-state index contributed by atoms with van der Waals surface area (Å²) >= 11 is 0. The molecule has 7 fully saturated rings.